The predicted octanol–water partition coefficient (Wildman–Crippen LogP) is 3.82. The van der Waals surface area contributed by atoms with Crippen LogP contribution in [0, 0.1) is 20.8 Å². The van der Waals surface area contributed by atoms with Gasteiger partial charge in [0.1, 0.15) is 10.6 Å². The Bertz CT molecular complexity index is 880. The van der Waals surface area contributed by atoms with Crippen LogP contribution in [0.4, 0.5) is 0 Å². The maximum absolute atomic E-state index is 12.5. The average Bonchev–Trinajstić information content (AvgIpc) is 2.49. The second-order valence-electron chi connectivity index (χ2n) is 5.40. The summed E-state index contributed by atoms with van der Waals surface area (Å²) in [4.78, 5) is 11.3. The lowest BCUT2D eigenvalue weighted by Gasteiger charge is -2.14. The van der Waals surface area contributed by atoms with Crippen LogP contribution < -0.4 is 4.18 Å². The van der Waals surface area contributed by atoms with Gasteiger partial charge in [-0.3, -0.25) is 0 Å². The highest BCUT2D eigenvalue weighted by Gasteiger charge is 2.23. The SMILES string of the molecule is COC(=O)c1ccc(S(=O)(=O)Oc2c(C)cc(C)cc2C)c(Cl)c1. The molecule has 0 N–H and O–H groups in total. The number of benzene rings is 2. The van der Waals surface area contributed by atoms with Crippen molar-refractivity contribution in [3.05, 3.63) is 57.6 Å². The highest BCUT2D eigenvalue weighted by atomic mass is 35.5. The van der Waals surface area contributed by atoms with E-state index in [2.05, 4.69) is 4.74 Å². The van der Waals surface area contributed by atoms with E-state index in [-0.39, 0.29) is 21.2 Å². The van der Waals surface area contributed by atoms with Gasteiger partial charge in [0.2, 0.25) is 0 Å². The van der Waals surface area contributed by atoms with Crippen LogP contribution in [0.1, 0.15) is 27.0 Å². The third-order valence-corrected chi connectivity index (χ3v) is 5.13. The summed E-state index contributed by atoms with van der Waals surface area (Å²) in [5.41, 5.74) is 2.58. The first-order chi connectivity index (χ1) is 11.2. The molecular formula is C17H17ClO5S. The van der Waals surface area contributed by atoms with Gasteiger partial charge in [-0.2, -0.15) is 8.42 Å². The Hall–Kier alpha value is -2.05. The van der Waals surface area contributed by atoms with E-state index in [4.69, 9.17) is 15.8 Å². The highest BCUT2D eigenvalue weighted by molar-refractivity contribution is 7.87. The molecule has 0 saturated heterocycles. The molecule has 0 fully saturated rings. The van der Waals surface area contributed by atoms with Crippen LogP contribution in [0.3, 0.4) is 0 Å². The van der Waals surface area contributed by atoms with Gasteiger partial charge in [0.25, 0.3) is 0 Å². The minimum Gasteiger partial charge on any atom is -0.465 e. The van der Waals surface area contributed by atoms with Gasteiger partial charge in [-0.05, 0) is 50.1 Å². The van der Waals surface area contributed by atoms with E-state index in [1.807, 2.05) is 19.1 Å². The Kier molecular flexibility index (Phi) is 5.20. The van der Waals surface area contributed by atoms with E-state index >= 15 is 0 Å². The molecule has 7 heteroatoms. The second kappa shape index (κ2) is 6.83. The molecule has 0 heterocycles. The summed E-state index contributed by atoms with van der Waals surface area (Å²) in [6, 6.07) is 7.45. The number of ether oxygens (including phenoxy) is 1. The summed E-state index contributed by atoms with van der Waals surface area (Å²) in [5.74, 6) is -0.333. The number of hydrogen-bond acceptors (Lipinski definition) is 5. The molecule has 0 bridgehead atoms. The molecule has 24 heavy (non-hydrogen) atoms. The predicted molar refractivity (Wildman–Crippen MR) is 91.3 cm³/mol. The standard InChI is InChI=1S/C17H17ClO5S/c1-10-7-11(2)16(12(3)8-10)23-24(20,21)15-6-5-13(9-14(15)18)17(19)22-4/h5-9H,1-4H3. The molecule has 2 rings (SSSR count). The van der Waals surface area contributed by atoms with Crippen LogP contribution in [-0.2, 0) is 14.9 Å². The summed E-state index contributed by atoms with van der Waals surface area (Å²) < 4.78 is 34.9. The Morgan fingerprint density at radius 2 is 1.62 bits per heavy atom. The minimum atomic E-state index is -4.14. The molecule has 0 atom stereocenters. The highest BCUT2D eigenvalue weighted by Crippen LogP contribution is 2.30. The number of rotatable bonds is 4. The maximum atomic E-state index is 12.5. The Morgan fingerprint density at radius 3 is 2.12 bits per heavy atom. The molecule has 5 nitrogen and oxygen atoms in total. The minimum absolute atomic E-state index is 0.111. The molecule has 2 aromatic rings. The Balaban J connectivity index is 2.44. The molecule has 0 radical (unpaired) electrons. The topological polar surface area (TPSA) is 69.7 Å². The van der Waals surface area contributed by atoms with Gasteiger partial charge in [-0.1, -0.05) is 29.3 Å². The molecular weight excluding hydrogens is 352 g/mol. The van der Waals surface area contributed by atoms with Crippen molar-refractivity contribution in [3.63, 3.8) is 0 Å². The van der Waals surface area contributed by atoms with Crippen molar-refractivity contribution in [1.82, 2.24) is 0 Å². The fraction of sp³-hybridized carbons (Fsp3) is 0.235. The van der Waals surface area contributed by atoms with Crippen LogP contribution >= 0.6 is 11.6 Å². The largest absolute Gasteiger partial charge is 0.465 e. The maximum Gasteiger partial charge on any atom is 0.340 e. The van der Waals surface area contributed by atoms with Gasteiger partial charge < -0.3 is 8.92 Å². The van der Waals surface area contributed by atoms with Crippen molar-refractivity contribution in [2.24, 2.45) is 0 Å². The van der Waals surface area contributed by atoms with E-state index in [0.29, 0.717) is 11.1 Å². The third-order valence-electron chi connectivity index (χ3n) is 3.42. The van der Waals surface area contributed by atoms with Crippen LogP contribution in [-0.4, -0.2) is 21.5 Å². The van der Waals surface area contributed by atoms with Gasteiger partial charge >= 0.3 is 16.1 Å². The first kappa shape index (κ1) is 18.3. The number of hydrogen-bond donors (Lipinski definition) is 0. The average molecular weight is 369 g/mol. The summed E-state index contributed by atoms with van der Waals surface area (Å²) in [5, 5.41) is -0.111. The normalized spacial score (nSPS) is 11.2. The first-order valence-corrected chi connectivity index (χ1v) is 8.84. The number of carbonyl (C=O) groups is 1. The van der Waals surface area contributed by atoms with E-state index in [0.717, 1.165) is 5.56 Å². The lowest BCUT2D eigenvalue weighted by molar-refractivity contribution is 0.0600. The summed E-state index contributed by atoms with van der Waals surface area (Å²) in [7, 11) is -2.91. The van der Waals surface area contributed by atoms with Gasteiger partial charge in [0.05, 0.1) is 17.7 Å². The summed E-state index contributed by atoms with van der Waals surface area (Å²) >= 11 is 6.02. The van der Waals surface area contributed by atoms with E-state index in [1.165, 1.54) is 25.3 Å². The molecule has 0 aromatic heterocycles. The molecule has 0 unspecified atom stereocenters. The molecule has 0 amide bonds. The fourth-order valence-corrected chi connectivity index (χ4v) is 3.97. The van der Waals surface area contributed by atoms with Crippen LogP contribution in [0.5, 0.6) is 5.75 Å². The zero-order valence-corrected chi connectivity index (χ0v) is 15.3. The number of methoxy groups -OCH3 is 1. The smallest absolute Gasteiger partial charge is 0.340 e. The van der Waals surface area contributed by atoms with Crippen LogP contribution in [0.25, 0.3) is 0 Å². The van der Waals surface area contributed by atoms with Gasteiger partial charge in [-0.15, -0.1) is 0 Å². The lowest BCUT2D eigenvalue weighted by Crippen LogP contribution is -2.13. The number of carbonyl (C=O) groups excluding carboxylic acids is 1. The molecule has 0 aliphatic heterocycles. The Labute approximate surface area is 146 Å². The number of halogens is 1. The van der Waals surface area contributed by atoms with Crippen molar-refractivity contribution in [1.29, 1.82) is 0 Å². The second-order valence-corrected chi connectivity index (χ2v) is 7.32. The van der Waals surface area contributed by atoms with Gasteiger partial charge in [0, 0.05) is 0 Å². The number of aryl methyl sites for hydroxylation is 3. The third kappa shape index (κ3) is 3.71. The molecule has 0 aliphatic carbocycles. The molecule has 2 aromatic carbocycles. The van der Waals surface area contributed by atoms with Crippen LogP contribution in [0.15, 0.2) is 35.2 Å². The molecule has 0 spiro atoms. The van der Waals surface area contributed by atoms with E-state index < -0.39 is 16.1 Å². The zero-order chi connectivity index (χ0) is 18.1. The summed E-state index contributed by atoms with van der Waals surface area (Å²) in [6.45, 7) is 5.46. The van der Waals surface area contributed by atoms with Crippen molar-refractivity contribution in [2.45, 2.75) is 25.7 Å². The van der Waals surface area contributed by atoms with Crippen molar-refractivity contribution in [3.8, 4) is 5.75 Å². The van der Waals surface area contributed by atoms with E-state index in [1.54, 1.807) is 13.8 Å². The molecule has 0 aliphatic rings. The van der Waals surface area contributed by atoms with Crippen molar-refractivity contribution >= 4 is 27.7 Å². The molecule has 128 valence electrons. The van der Waals surface area contributed by atoms with Gasteiger partial charge in [0.15, 0.2) is 0 Å². The quantitative estimate of drug-likeness (QED) is 0.606. The molecule has 0 saturated carbocycles. The zero-order valence-electron chi connectivity index (χ0n) is 13.7. The summed E-state index contributed by atoms with van der Waals surface area (Å²) in [6.07, 6.45) is 0. The fourth-order valence-electron chi connectivity index (χ4n) is 2.40. The monoisotopic (exact) mass is 368 g/mol. The van der Waals surface area contributed by atoms with E-state index in [9.17, 15) is 13.2 Å². The number of esters is 1. The van der Waals surface area contributed by atoms with Crippen LogP contribution in [0.2, 0.25) is 5.02 Å². The first-order valence-electron chi connectivity index (χ1n) is 7.06. The van der Waals surface area contributed by atoms with Crippen molar-refractivity contribution in [2.75, 3.05) is 7.11 Å². The lowest BCUT2D eigenvalue weighted by atomic mass is 10.1. The Morgan fingerprint density at radius 1 is 1.04 bits per heavy atom. The van der Waals surface area contributed by atoms with Crippen molar-refractivity contribution < 1.29 is 22.1 Å². The van der Waals surface area contributed by atoms with Gasteiger partial charge in [-0.25, -0.2) is 4.79 Å².